The van der Waals surface area contributed by atoms with Crippen LogP contribution in [0, 0.1) is 11.8 Å². The first-order valence-electron chi connectivity index (χ1n) is 18.9. The third kappa shape index (κ3) is 13.8. The van der Waals surface area contributed by atoms with Crippen molar-refractivity contribution in [3.63, 3.8) is 0 Å². The van der Waals surface area contributed by atoms with E-state index in [2.05, 4.69) is 21.3 Å². The van der Waals surface area contributed by atoms with Crippen LogP contribution in [0.25, 0.3) is 0 Å². The number of ether oxygens (including phenoxy) is 2. The first-order valence-corrected chi connectivity index (χ1v) is 18.9. The molecule has 0 unspecified atom stereocenters. The molecule has 0 aromatic heterocycles. The van der Waals surface area contributed by atoms with Gasteiger partial charge >= 0.3 is 12.2 Å². The highest BCUT2D eigenvalue weighted by atomic mass is 16.6. The zero-order valence-electron chi connectivity index (χ0n) is 32.3. The molecule has 12 nitrogen and oxygen atoms in total. The number of hydrogen-bond donors (Lipinski definition) is 6. The molecule has 56 heavy (non-hydrogen) atoms. The summed E-state index contributed by atoms with van der Waals surface area (Å²) in [5, 5.41) is 34.9. The summed E-state index contributed by atoms with van der Waals surface area (Å²) in [4.78, 5) is 53.4. The van der Waals surface area contributed by atoms with Crippen LogP contribution in [-0.2, 0) is 45.1 Å². The third-order valence-corrected chi connectivity index (χ3v) is 9.30. The van der Waals surface area contributed by atoms with Gasteiger partial charge in [-0.25, -0.2) is 9.59 Å². The summed E-state index contributed by atoms with van der Waals surface area (Å²) in [5.74, 6) is -1.93. The van der Waals surface area contributed by atoms with E-state index in [9.17, 15) is 29.4 Å². The minimum absolute atomic E-state index is 0.0111. The number of aliphatic hydroxyl groups is 2. The Morgan fingerprint density at radius 2 is 0.750 bits per heavy atom. The zero-order valence-corrected chi connectivity index (χ0v) is 32.3. The molecule has 298 valence electrons. The van der Waals surface area contributed by atoms with Gasteiger partial charge in [-0.2, -0.15) is 0 Å². The van der Waals surface area contributed by atoms with Gasteiger partial charge in [0, 0.05) is 0 Å². The molecule has 6 atom stereocenters. The molecular formula is C44H54N4O8. The number of benzene rings is 4. The smallest absolute Gasteiger partial charge is 0.408 e. The van der Waals surface area contributed by atoms with Crippen molar-refractivity contribution < 1.29 is 38.9 Å². The minimum atomic E-state index is -1.60. The number of rotatable bonds is 19. The lowest BCUT2D eigenvalue weighted by Crippen LogP contribution is -2.61. The second-order valence-corrected chi connectivity index (χ2v) is 14.4. The molecule has 0 aliphatic carbocycles. The van der Waals surface area contributed by atoms with Gasteiger partial charge in [-0.15, -0.1) is 0 Å². The summed E-state index contributed by atoms with van der Waals surface area (Å²) in [6, 6.07) is 32.3. The molecule has 0 aliphatic heterocycles. The molecule has 6 N–H and O–H groups in total. The molecule has 0 bridgehead atoms. The van der Waals surface area contributed by atoms with Crippen molar-refractivity contribution in [1.29, 1.82) is 0 Å². The molecule has 0 aliphatic rings. The molecule has 4 aromatic carbocycles. The number of alkyl carbamates (subject to hydrolysis) is 2. The van der Waals surface area contributed by atoms with E-state index in [1.54, 1.807) is 27.7 Å². The van der Waals surface area contributed by atoms with E-state index in [0.29, 0.717) is 0 Å². The Morgan fingerprint density at radius 1 is 0.464 bits per heavy atom. The highest BCUT2D eigenvalue weighted by molar-refractivity contribution is 5.87. The van der Waals surface area contributed by atoms with Crippen molar-refractivity contribution in [2.75, 3.05) is 0 Å². The van der Waals surface area contributed by atoms with Crippen molar-refractivity contribution in [2.24, 2.45) is 11.8 Å². The molecule has 0 fully saturated rings. The van der Waals surface area contributed by atoms with Crippen LogP contribution in [0.15, 0.2) is 121 Å². The number of aliphatic hydroxyl groups excluding tert-OH is 2. The Kier molecular flexibility index (Phi) is 16.9. The quantitative estimate of drug-likeness (QED) is 0.0768. The van der Waals surface area contributed by atoms with Crippen LogP contribution in [0.3, 0.4) is 0 Å². The van der Waals surface area contributed by atoms with Crippen LogP contribution >= 0.6 is 0 Å². The normalized spacial score (nSPS) is 14.4. The summed E-state index contributed by atoms with van der Waals surface area (Å²) in [6.07, 6.45) is -4.55. The van der Waals surface area contributed by atoms with Crippen LogP contribution in [0.1, 0.15) is 49.9 Å². The Balaban J connectivity index is 1.53. The second kappa shape index (κ2) is 22.0. The van der Waals surface area contributed by atoms with Crippen LogP contribution in [0.4, 0.5) is 9.59 Å². The molecule has 4 amide bonds. The fraction of sp³-hybridized carbons (Fsp3) is 0.364. The maximum atomic E-state index is 13.9. The first-order chi connectivity index (χ1) is 26.9. The molecular weight excluding hydrogens is 713 g/mol. The third-order valence-electron chi connectivity index (χ3n) is 9.30. The molecule has 0 heterocycles. The molecule has 4 rings (SSSR count). The summed E-state index contributed by atoms with van der Waals surface area (Å²) in [5.41, 5.74) is 3.09. The van der Waals surface area contributed by atoms with Gasteiger partial charge in [0.2, 0.25) is 11.8 Å². The van der Waals surface area contributed by atoms with Gasteiger partial charge in [0.25, 0.3) is 0 Å². The average molecular weight is 767 g/mol. The molecule has 0 saturated carbocycles. The Bertz CT molecular complexity index is 1660. The lowest BCUT2D eigenvalue weighted by Gasteiger charge is -2.35. The highest BCUT2D eigenvalue weighted by Gasteiger charge is 2.37. The van der Waals surface area contributed by atoms with E-state index >= 15 is 0 Å². The Labute approximate surface area is 329 Å². The van der Waals surface area contributed by atoms with Gasteiger partial charge in [-0.05, 0) is 46.9 Å². The lowest BCUT2D eigenvalue weighted by molar-refractivity contribution is -0.129. The molecule has 12 heteroatoms. The predicted octanol–water partition coefficient (Wildman–Crippen LogP) is 5.07. The molecule has 0 saturated heterocycles. The van der Waals surface area contributed by atoms with Crippen molar-refractivity contribution in [2.45, 2.75) is 90.1 Å². The minimum Gasteiger partial charge on any atom is -0.445 e. The first kappa shape index (κ1) is 43.0. The molecule has 0 radical (unpaired) electrons. The van der Waals surface area contributed by atoms with Crippen LogP contribution in [-0.4, -0.2) is 70.6 Å². The summed E-state index contributed by atoms with van der Waals surface area (Å²) in [7, 11) is 0. The number of carbonyl (C=O) groups excluding carboxylic acids is 4. The van der Waals surface area contributed by atoms with Gasteiger partial charge in [0.1, 0.15) is 37.5 Å². The molecule has 0 spiro atoms. The van der Waals surface area contributed by atoms with Gasteiger partial charge in [0.15, 0.2) is 0 Å². The fourth-order valence-electron chi connectivity index (χ4n) is 6.12. The van der Waals surface area contributed by atoms with E-state index in [-0.39, 0.29) is 37.9 Å². The SMILES string of the molecule is CC(C)[C@H](NC(=O)OCc1ccccc1)C(=O)N[C@@H](Cc1ccccc1)[C@@H](O)[C@H](O)[C@H](Cc1ccccc1)NC(=O)[C@H](NC(=O)OCc1ccccc1)C(C)C. The maximum Gasteiger partial charge on any atom is 0.408 e. The van der Waals surface area contributed by atoms with Gasteiger partial charge in [0.05, 0.1) is 12.1 Å². The van der Waals surface area contributed by atoms with Gasteiger partial charge in [-0.1, -0.05) is 149 Å². The van der Waals surface area contributed by atoms with Crippen LogP contribution in [0.2, 0.25) is 0 Å². The van der Waals surface area contributed by atoms with E-state index in [4.69, 9.17) is 9.47 Å². The topological polar surface area (TPSA) is 175 Å². The fourth-order valence-corrected chi connectivity index (χ4v) is 6.12. The number of carbonyl (C=O) groups is 4. The van der Waals surface area contributed by atoms with Crippen molar-refractivity contribution in [3.8, 4) is 0 Å². The number of amides is 4. The summed E-state index contributed by atoms with van der Waals surface area (Å²) < 4.78 is 10.7. The summed E-state index contributed by atoms with van der Waals surface area (Å²) in [6.45, 7) is 7.08. The van der Waals surface area contributed by atoms with E-state index < -0.39 is 60.4 Å². The maximum absolute atomic E-state index is 13.9. The zero-order chi connectivity index (χ0) is 40.5. The highest BCUT2D eigenvalue weighted by Crippen LogP contribution is 2.17. The average Bonchev–Trinajstić information content (AvgIpc) is 3.20. The van der Waals surface area contributed by atoms with E-state index in [0.717, 1.165) is 22.3 Å². The van der Waals surface area contributed by atoms with Gasteiger partial charge < -0.3 is 41.0 Å². The van der Waals surface area contributed by atoms with Crippen molar-refractivity contribution in [3.05, 3.63) is 144 Å². The monoisotopic (exact) mass is 766 g/mol. The number of hydrogen-bond acceptors (Lipinski definition) is 8. The standard InChI is InChI=1S/C44H54N4O8/c1-29(2)37(47-43(53)55-27-33-21-13-7-14-22-33)41(51)45-35(25-31-17-9-5-10-18-31)39(49)40(50)36(26-32-19-11-6-12-20-32)46-42(52)38(30(3)4)48-44(54)56-28-34-23-15-8-16-24-34/h5-24,29-30,35-40,49-50H,25-28H2,1-4H3,(H,45,51)(H,46,52)(H,47,53)(H,48,54)/t35-,36-,37-,38+,39+,40+/m0/s1. The van der Waals surface area contributed by atoms with Crippen LogP contribution in [0.5, 0.6) is 0 Å². The Morgan fingerprint density at radius 3 is 1.04 bits per heavy atom. The summed E-state index contributed by atoms with van der Waals surface area (Å²) >= 11 is 0. The molecule has 4 aromatic rings. The van der Waals surface area contributed by atoms with E-state index in [1.165, 1.54) is 0 Å². The largest absolute Gasteiger partial charge is 0.445 e. The van der Waals surface area contributed by atoms with E-state index in [1.807, 2.05) is 121 Å². The predicted molar refractivity (Wildman–Crippen MR) is 213 cm³/mol. The van der Waals surface area contributed by atoms with Crippen LogP contribution < -0.4 is 21.3 Å². The van der Waals surface area contributed by atoms with Gasteiger partial charge in [-0.3, -0.25) is 9.59 Å². The van der Waals surface area contributed by atoms with Crippen molar-refractivity contribution >= 4 is 24.0 Å². The number of nitrogens with one attached hydrogen (secondary N) is 4. The second-order valence-electron chi connectivity index (χ2n) is 14.4. The van der Waals surface area contributed by atoms with Crippen molar-refractivity contribution in [1.82, 2.24) is 21.3 Å². The Hall–Kier alpha value is -5.72. The lowest BCUT2D eigenvalue weighted by atomic mass is 9.90.